The Morgan fingerprint density at radius 1 is 1.29 bits per heavy atom. The maximum absolute atomic E-state index is 12.7. The normalized spacial score (nSPS) is 21.7. The van der Waals surface area contributed by atoms with E-state index in [1.807, 2.05) is 31.1 Å². The fourth-order valence-electron chi connectivity index (χ4n) is 3.62. The Labute approximate surface area is 146 Å². The van der Waals surface area contributed by atoms with Crippen LogP contribution in [0.1, 0.15) is 46.8 Å². The van der Waals surface area contributed by atoms with E-state index in [4.69, 9.17) is 11.6 Å². The quantitative estimate of drug-likeness (QED) is 0.859. The van der Waals surface area contributed by atoms with Crippen molar-refractivity contribution in [3.05, 3.63) is 51.8 Å². The van der Waals surface area contributed by atoms with Crippen molar-refractivity contribution >= 4 is 17.5 Å². The molecule has 1 fully saturated rings. The number of carbonyl (C=O) groups excluding carboxylic acids is 1. The molecule has 1 aliphatic carbocycles. The van der Waals surface area contributed by atoms with Gasteiger partial charge in [-0.25, -0.2) is 9.97 Å². The van der Waals surface area contributed by atoms with Crippen LogP contribution in [-0.4, -0.2) is 25.8 Å². The molecular formula is C18H19ClN4O. The highest BCUT2D eigenvalue weighted by Gasteiger charge is 2.41. The highest BCUT2D eigenvalue weighted by Crippen LogP contribution is 2.49. The van der Waals surface area contributed by atoms with Crippen molar-refractivity contribution in [1.29, 1.82) is 0 Å². The van der Waals surface area contributed by atoms with Gasteiger partial charge in [-0.2, -0.15) is 0 Å². The number of nitrogens with zero attached hydrogens (tertiary/aromatic N) is 4. The summed E-state index contributed by atoms with van der Waals surface area (Å²) in [5, 5.41) is 0.717. The molecule has 3 heterocycles. The Bertz CT molecular complexity index is 808. The summed E-state index contributed by atoms with van der Waals surface area (Å²) in [5.41, 5.74) is 5.14. The molecule has 6 heteroatoms. The zero-order chi connectivity index (χ0) is 16.8. The van der Waals surface area contributed by atoms with Gasteiger partial charge in [0.25, 0.3) is 0 Å². The third kappa shape index (κ3) is 2.67. The predicted molar refractivity (Wildman–Crippen MR) is 90.5 cm³/mol. The summed E-state index contributed by atoms with van der Waals surface area (Å²) in [5.74, 6) is 1.04. The molecule has 5 nitrogen and oxygen atoms in total. The van der Waals surface area contributed by atoms with Crippen LogP contribution in [0.4, 0.5) is 0 Å². The van der Waals surface area contributed by atoms with Crippen molar-refractivity contribution in [1.82, 2.24) is 19.9 Å². The monoisotopic (exact) mass is 342 g/mol. The first kappa shape index (κ1) is 15.5. The highest BCUT2D eigenvalue weighted by atomic mass is 35.5. The van der Waals surface area contributed by atoms with Crippen LogP contribution < -0.4 is 0 Å². The molecule has 0 saturated heterocycles. The van der Waals surface area contributed by atoms with E-state index in [1.165, 1.54) is 6.33 Å². The van der Waals surface area contributed by atoms with Crippen molar-refractivity contribution in [2.45, 2.75) is 45.7 Å². The van der Waals surface area contributed by atoms with E-state index in [2.05, 4.69) is 15.0 Å². The van der Waals surface area contributed by atoms with E-state index < -0.39 is 0 Å². The summed E-state index contributed by atoms with van der Waals surface area (Å²) in [6, 6.07) is 0. The number of pyridine rings is 1. The van der Waals surface area contributed by atoms with Crippen LogP contribution in [0.2, 0.25) is 5.02 Å². The molecule has 2 aliphatic rings. The summed E-state index contributed by atoms with van der Waals surface area (Å²) < 4.78 is 0. The first-order chi connectivity index (χ1) is 11.5. The minimum atomic E-state index is 0.200. The zero-order valence-corrected chi connectivity index (χ0v) is 14.5. The minimum absolute atomic E-state index is 0.200. The van der Waals surface area contributed by atoms with Crippen LogP contribution in [0.3, 0.4) is 0 Å². The Balaban J connectivity index is 1.42. The van der Waals surface area contributed by atoms with Crippen molar-refractivity contribution < 1.29 is 4.79 Å². The number of fused-ring (bicyclic) bond motifs is 1. The maximum atomic E-state index is 12.7. The molecule has 0 bridgehead atoms. The molecule has 0 radical (unpaired) electrons. The average Bonchev–Trinajstić information content (AvgIpc) is 3.22. The minimum Gasteiger partial charge on any atom is -0.332 e. The Kier molecular flexibility index (Phi) is 3.76. The molecular weight excluding hydrogens is 324 g/mol. The standard InChI is InChI=1S/C18H19ClN4O/c1-10-15-7-23(8-16(15)22-11(2)18(10)19)17(24)4-12-3-14(12)13-5-20-9-21-6-13/h5-6,9,12,14H,3-4,7-8H2,1-2H3. The van der Waals surface area contributed by atoms with Gasteiger partial charge in [-0.3, -0.25) is 9.78 Å². The number of carbonyl (C=O) groups is 1. The zero-order valence-electron chi connectivity index (χ0n) is 13.8. The molecule has 0 N–H and O–H groups in total. The van der Waals surface area contributed by atoms with Crippen LogP contribution in [-0.2, 0) is 17.9 Å². The van der Waals surface area contributed by atoms with Crippen LogP contribution in [0.15, 0.2) is 18.7 Å². The Morgan fingerprint density at radius 3 is 2.79 bits per heavy atom. The number of amides is 1. The van der Waals surface area contributed by atoms with E-state index >= 15 is 0 Å². The number of halogens is 1. The van der Waals surface area contributed by atoms with Crippen LogP contribution >= 0.6 is 11.6 Å². The SMILES string of the molecule is Cc1nc2c(c(C)c1Cl)CN(C(=O)CC1CC1c1cncnc1)C2. The van der Waals surface area contributed by atoms with Gasteiger partial charge < -0.3 is 4.90 Å². The second kappa shape index (κ2) is 5.81. The lowest BCUT2D eigenvalue weighted by molar-refractivity contribution is -0.132. The van der Waals surface area contributed by atoms with E-state index in [-0.39, 0.29) is 5.91 Å². The molecule has 1 aliphatic heterocycles. The second-order valence-corrected chi connectivity index (χ2v) is 7.17. The highest BCUT2D eigenvalue weighted by molar-refractivity contribution is 6.32. The Morgan fingerprint density at radius 2 is 2.04 bits per heavy atom. The van der Waals surface area contributed by atoms with Gasteiger partial charge in [0.15, 0.2) is 0 Å². The molecule has 0 spiro atoms. The smallest absolute Gasteiger partial charge is 0.223 e. The molecule has 4 rings (SSSR count). The first-order valence-corrected chi connectivity index (χ1v) is 8.59. The van der Waals surface area contributed by atoms with Crippen LogP contribution in [0.25, 0.3) is 0 Å². The summed E-state index contributed by atoms with van der Waals surface area (Å²) in [6.07, 6.45) is 6.87. The van der Waals surface area contributed by atoms with Gasteiger partial charge in [-0.05, 0) is 48.8 Å². The van der Waals surface area contributed by atoms with Gasteiger partial charge in [0, 0.05) is 25.4 Å². The largest absolute Gasteiger partial charge is 0.332 e. The molecule has 1 amide bonds. The molecule has 2 aromatic heterocycles. The van der Waals surface area contributed by atoms with Crippen molar-refractivity contribution in [2.24, 2.45) is 5.92 Å². The van der Waals surface area contributed by atoms with Gasteiger partial charge in [0.2, 0.25) is 5.91 Å². The molecule has 24 heavy (non-hydrogen) atoms. The van der Waals surface area contributed by atoms with Crippen molar-refractivity contribution in [3.63, 3.8) is 0 Å². The van der Waals surface area contributed by atoms with Crippen molar-refractivity contribution in [3.8, 4) is 0 Å². The van der Waals surface area contributed by atoms with Gasteiger partial charge in [0.05, 0.1) is 23.0 Å². The molecule has 1 saturated carbocycles. The van der Waals surface area contributed by atoms with Gasteiger partial charge in [0.1, 0.15) is 6.33 Å². The summed E-state index contributed by atoms with van der Waals surface area (Å²) in [4.78, 5) is 27.2. The lowest BCUT2D eigenvalue weighted by Gasteiger charge is -2.15. The number of aryl methyl sites for hydroxylation is 1. The van der Waals surface area contributed by atoms with Crippen LogP contribution in [0, 0.1) is 19.8 Å². The van der Waals surface area contributed by atoms with Gasteiger partial charge >= 0.3 is 0 Å². The van der Waals surface area contributed by atoms with Crippen LogP contribution in [0.5, 0.6) is 0 Å². The molecule has 2 unspecified atom stereocenters. The van der Waals surface area contributed by atoms with Crippen molar-refractivity contribution in [2.75, 3.05) is 0 Å². The lowest BCUT2D eigenvalue weighted by atomic mass is 10.1. The van der Waals surface area contributed by atoms with E-state index in [1.54, 1.807) is 0 Å². The first-order valence-electron chi connectivity index (χ1n) is 8.21. The second-order valence-electron chi connectivity index (χ2n) is 6.79. The average molecular weight is 343 g/mol. The van der Waals surface area contributed by atoms with E-state index in [9.17, 15) is 4.79 Å². The number of aromatic nitrogens is 3. The molecule has 0 aromatic carbocycles. The van der Waals surface area contributed by atoms with Gasteiger partial charge in [-0.15, -0.1) is 0 Å². The number of hydrogen-bond acceptors (Lipinski definition) is 4. The predicted octanol–water partition coefficient (Wildman–Crippen LogP) is 3.18. The fraction of sp³-hybridized carbons (Fsp3) is 0.444. The topological polar surface area (TPSA) is 59.0 Å². The third-order valence-corrected chi connectivity index (χ3v) is 5.72. The lowest BCUT2D eigenvalue weighted by Crippen LogP contribution is -2.25. The third-order valence-electron chi connectivity index (χ3n) is 5.16. The molecule has 2 atom stereocenters. The summed E-state index contributed by atoms with van der Waals surface area (Å²) in [6.45, 7) is 5.14. The summed E-state index contributed by atoms with van der Waals surface area (Å²) in [7, 11) is 0. The molecule has 124 valence electrons. The Hall–Kier alpha value is -2.01. The fourth-order valence-corrected chi connectivity index (χ4v) is 3.78. The van der Waals surface area contributed by atoms with Gasteiger partial charge in [-0.1, -0.05) is 11.6 Å². The summed E-state index contributed by atoms with van der Waals surface area (Å²) >= 11 is 6.29. The van der Waals surface area contributed by atoms with E-state index in [0.29, 0.717) is 31.3 Å². The maximum Gasteiger partial charge on any atom is 0.223 e. The number of hydrogen-bond donors (Lipinski definition) is 0. The molecule has 2 aromatic rings. The van der Waals surface area contributed by atoms with E-state index in [0.717, 1.165) is 39.5 Å². The number of rotatable bonds is 3.